The summed E-state index contributed by atoms with van der Waals surface area (Å²) in [6.45, 7) is 6.96. The summed E-state index contributed by atoms with van der Waals surface area (Å²) in [5, 5.41) is 2.98. The lowest BCUT2D eigenvalue weighted by molar-refractivity contribution is -0.146. The lowest BCUT2D eigenvalue weighted by atomic mass is 9.85. The van der Waals surface area contributed by atoms with Gasteiger partial charge in [-0.15, -0.1) is 11.3 Å². The van der Waals surface area contributed by atoms with Gasteiger partial charge in [-0.3, -0.25) is 23.7 Å². The Hall–Kier alpha value is -3.78. The van der Waals surface area contributed by atoms with E-state index in [1.165, 1.54) is 41.3 Å². The number of hydrogen-bond donors (Lipinski definition) is 3. The van der Waals surface area contributed by atoms with E-state index in [-0.39, 0.29) is 34.0 Å². The van der Waals surface area contributed by atoms with E-state index >= 15 is 0 Å². The molecule has 50 heavy (non-hydrogen) atoms. The van der Waals surface area contributed by atoms with Crippen LogP contribution in [0.4, 0.5) is 13.2 Å². The van der Waals surface area contributed by atoms with Crippen molar-refractivity contribution in [1.29, 1.82) is 0 Å². The van der Waals surface area contributed by atoms with Gasteiger partial charge in [0.1, 0.15) is 17.9 Å². The predicted molar refractivity (Wildman–Crippen MR) is 179 cm³/mol. The van der Waals surface area contributed by atoms with Gasteiger partial charge in [0.15, 0.2) is 0 Å². The van der Waals surface area contributed by atoms with Gasteiger partial charge in [-0.05, 0) is 72.5 Å². The van der Waals surface area contributed by atoms with Crippen LogP contribution in [0, 0.1) is 17.2 Å². The second-order valence-corrected chi connectivity index (χ2v) is 17.0. The van der Waals surface area contributed by atoms with Crippen LogP contribution in [0.5, 0.6) is 0 Å². The average Bonchev–Trinajstić information content (AvgIpc) is 3.85. The van der Waals surface area contributed by atoms with E-state index in [0.717, 1.165) is 23.5 Å². The highest BCUT2D eigenvalue weighted by molar-refractivity contribution is 7.52. The SMILES string of the molecule is CC(C)(C)[C@H](NC(=O)c1cc2cc(C(F)(F)P(=O)(O)O)ccc2s1)C(=O)N1CCC[C@H]1C(=O)N1CC[C@@H]2CN(C(=O)c3ccc(F)cc3)C[C@@H]21. The molecule has 4 amide bonds. The molecule has 1 aromatic heterocycles. The molecule has 0 spiro atoms. The summed E-state index contributed by atoms with van der Waals surface area (Å²) in [5.41, 5.74) is -5.71. The normalized spacial score (nSPS) is 21.8. The lowest BCUT2D eigenvalue weighted by Gasteiger charge is -2.37. The number of likely N-dealkylation sites (tertiary alicyclic amines) is 3. The highest BCUT2D eigenvalue weighted by atomic mass is 32.1. The van der Waals surface area contributed by atoms with Crippen molar-refractivity contribution < 1.29 is 46.7 Å². The minimum atomic E-state index is -5.79. The molecule has 3 aliphatic rings. The topological polar surface area (TPSA) is 148 Å². The number of alkyl halides is 2. The molecule has 0 bridgehead atoms. The molecular weight excluding hydrogens is 696 g/mol. The van der Waals surface area contributed by atoms with Crippen LogP contribution in [0.1, 0.15) is 65.6 Å². The Labute approximate surface area is 290 Å². The van der Waals surface area contributed by atoms with Gasteiger partial charge < -0.3 is 29.8 Å². The van der Waals surface area contributed by atoms with Gasteiger partial charge in [0.2, 0.25) is 11.8 Å². The van der Waals surface area contributed by atoms with Crippen LogP contribution in [-0.4, -0.2) is 92.4 Å². The first kappa shape index (κ1) is 36.0. The van der Waals surface area contributed by atoms with Gasteiger partial charge in [-0.25, -0.2) is 4.39 Å². The summed E-state index contributed by atoms with van der Waals surface area (Å²) in [6, 6.07) is 7.76. The van der Waals surface area contributed by atoms with Crippen LogP contribution >= 0.6 is 18.9 Å². The number of nitrogens with zero attached hydrogens (tertiary/aromatic N) is 3. The molecule has 11 nitrogen and oxygen atoms in total. The maximum absolute atomic E-state index is 14.3. The maximum Gasteiger partial charge on any atom is 0.399 e. The van der Waals surface area contributed by atoms with Crippen LogP contribution in [0.15, 0.2) is 48.5 Å². The molecule has 4 atom stereocenters. The number of hydrogen-bond acceptors (Lipinski definition) is 6. The van der Waals surface area contributed by atoms with E-state index < -0.39 is 54.0 Å². The number of rotatable bonds is 7. The fourth-order valence-electron chi connectivity index (χ4n) is 7.18. The van der Waals surface area contributed by atoms with E-state index in [0.29, 0.717) is 55.7 Å². The Kier molecular flexibility index (Phi) is 9.42. The van der Waals surface area contributed by atoms with Gasteiger partial charge in [-0.1, -0.05) is 26.8 Å². The second kappa shape index (κ2) is 13.1. The molecule has 16 heteroatoms. The Bertz CT molecular complexity index is 1890. The van der Waals surface area contributed by atoms with E-state index in [1.54, 1.807) is 30.6 Å². The molecule has 0 unspecified atom stereocenters. The average molecular weight is 735 g/mol. The number of carbonyl (C=O) groups excluding carboxylic acids is 4. The molecule has 0 saturated carbocycles. The standard InChI is InChI=1S/C34H38F3N4O7PS/c1-33(2,3)28(38-29(42)27-16-21-15-22(8-11-26(21)50-27)34(36,37)49(46,47)48)32(45)40-13-4-5-24(40)31(44)41-14-12-20-17-39(18-25(20)41)30(43)19-6-9-23(35)10-7-19/h6-11,15-16,20,24-25,28H,4-5,12-14,17-18H2,1-3H3,(H,38,42)(H2,46,47,48)/t20-,24+,25+,28-/m1/s1. The van der Waals surface area contributed by atoms with Crippen molar-refractivity contribution in [3.05, 3.63) is 70.4 Å². The molecule has 4 heterocycles. The highest BCUT2D eigenvalue weighted by Gasteiger charge is 2.51. The molecule has 3 N–H and O–H groups in total. The molecule has 3 aliphatic heterocycles. The van der Waals surface area contributed by atoms with Crippen molar-refractivity contribution in [3.63, 3.8) is 0 Å². The molecule has 2 aromatic carbocycles. The third-order valence-electron chi connectivity index (χ3n) is 9.87. The van der Waals surface area contributed by atoms with Gasteiger partial charge in [-0.2, -0.15) is 8.78 Å². The number of halogens is 3. The van der Waals surface area contributed by atoms with Crippen molar-refractivity contribution in [2.75, 3.05) is 26.2 Å². The molecule has 3 aromatic rings. The lowest BCUT2D eigenvalue weighted by Crippen LogP contribution is -2.58. The van der Waals surface area contributed by atoms with Gasteiger partial charge in [0.05, 0.1) is 10.9 Å². The third kappa shape index (κ3) is 6.68. The summed E-state index contributed by atoms with van der Waals surface area (Å²) in [6.07, 6.45) is 1.74. The Morgan fingerprint density at radius 1 is 0.960 bits per heavy atom. The Morgan fingerprint density at radius 3 is 2.32 bits per heavy atom. The molecule has 268 valence electrons. The van der Waals surface area contributed by atoms with E-state index in [4.69, 9.17) is 9.79 Å². The molecule has 6 rings (SSSR count). The van der Waals surface area contributed by atoms with Crippen molar-refractivity contribution >= 4 is 52.6 Å². The molecule has 3 fully saturated rings. The number of thiophene rings is 1. The minimum Gasteiger partial charge on any atom is -0.339 e. The fourth-order valence-corrected chi connectivity index (χ4v) is 8.60. The van der Waals surface area contributed by atoms with Crippen LogP contribution in [0.25, 0.3) is 10.1 Å². The predicted octanol–water partition coefficient (Wildman–Crippen LogP) is 4.78. The quantitative estimate of drug-likeness (QED) is 0.296. The Balaban J connectivity index is 1.16. The monoisotopic (exact) mass is 734 g/mol. The largest absolute Gasteiger partial charge is 0.399 e. The Morgan fingerprint density at radius 2 is 1.66 bits per heavy atom. The number of fused-ring (bicyclic) bond motifs is 2. The minimum absolute atomic E-state index is 0.0796. The molecule has 0 radical (unpaired) electrons. The van der Waals surface area contributed by atoms with Crippen molar-refractivity contribution in [2.45, 2.75) is 63.8 Å². The zero-order chi connectivity index (χ0) is 36.3. The van der Waals surface area contributed by atoms with Gasteiger partial charge >= 0.3 is 13.3 Å². The van der Waals surface area contributed by atoms with Crippen molar-refractivity contribution in [2.24, 2.45) is 11.3 Å². The molecular formula is C34H38F3N4O7PS. The number of carbonyl (C=O) groups is 4. The molecule has 0 aliphatic carbocycles. The van der Waals surface area contributed by atoms with E-state index in [1.807, 2.05) is 0 Å². The summed E-state index contributed by atoms with van der Waals surface area (Å²) in [4.78, 5) is 78.2. The number of amides is 4. The van der Waals surface area contributed by atoms with Gasteiger partial charge in [0, 0.05) is 47.9 Å². The smallest absolute Gasteiger partial charge is 0.339 e. The first-order valence-electron chi connectivity index (χ1n) is 16.3. The fraction of sp³-hybridized carbons (Fsp3) is 0.471. The highest BCUT2D eigenvalue weighted by Crippen LogP contribution is 2.59. The zero-order valence-corrected chi connectivity index (χ0v) is 29.4. The first-order chi connectivity index (χ1) is 23.4. The number of nitrogens with one attached hydrogen (secondary N) is 1. The van der Waals surface area contributed by atoms with Crippen LogP contribution in [0.2, 0.25) is 0 Å². The van der Waals surface area contributed by atoms with Crippen LogP contribution in [-0.2, 0) is 19.8 Å². The zero-order valence-electron chi connectivity index (χ0n) is 27.6. The maximum atomic E-state index is 14.3. The van der Waals surface area contributed by atoms with Crippen molar-refractivity contribution in [1.82, 2.24) is 20.0 Å². The summed E-state index contributed by atoms with van der Waals surface area (Å²) >= 11 is 0.980. The van der Waals surface area contributed by atoms with Crippen LogP contribution < -0.4 is 5.32 Å². The number of benzene rings is 2. The van der Waals surface area contributed by atoms with Gasteiger partial charge in [0.25, 0.3) is 11.8 Å². The second-order valence-electron chi connectivity index (χ2n) is 14.3. The van der Waals surface area contributed by atoms with Crippen LogP contribution in [0.3, 0.4) is 0 Å². The summed E-state index contributed by atoms with van der Waals surface area (Å²) < 4.78 is 53.9. The first-order valence-corrected chi connectivity index (χ1v) is 18.7. The van der Waals surface area contributed by atoms with Crippen molar-refractivity contribution in [3.8, 4) is 0 Å². The van der Waals surface area contributed by atoms with E-state index in [9.17, 15) is 36.9 Å². The summed E-state index contributed by atoms with van der Waals surface area (Å²) in [5.74, 6) is -1.86. The van der Waals surface area contributed by atoms with E-state index in [2.05, 4.69) is 5.32 Å². The summed E-state index contributed by atoms with van der Waals surface area (Å²) in [7, 11) is -5.79. The third-order valence-corrected chi connectivity index (χ3v) is 12.0. The molecule has 3 saturated heterocycles.